The van der Waals surface area contributed by atoms with Gasteiger partial charge in [0.2, 0.25) is 0 Å². The zero-order valence-corrected chi connectivity index (χ0v) is 12.8. The minimum absolute atomic E-state index is 0.306. The van der Waals surface area contributed by atoms with Crippen molar-refractivity contribution in [1.82, 2.24) is 14.7 Å². The Morgan fingerprint density at radius 1 is 1.59 bits per heavy atom. The summed E-state index contributed by atoms with van der Waals surface area (Å²) in [5, 5.41) is 4.24. The van der Waals surface area contributed by atoms with Gasteiger partial charge in [-0.15, -0.1) is 0 Å². The Labute approximate surface area is 115 Å². The molecule has 0 aliphatic heterocycles. The van der Waals surface area contributed by atoms with E-state index in [-0.39, 0.29) is 6.09 Å². The van der Waals surface area contributed by atoms with Crippen molar-refractivity contribution in [1.29, 1.82) is 0 Å². The first-order chi connectivity index (χ1) is 7.78. The molecule has 0 aliphatic carbocycles. The third kappa shape index (κ3) is 5.38. The van der Waals surface area contributed by atoms with Gasteiger partial charge in [0.25, 0.3) is 0 Å². The van der Waals surface area contributed by atoms with Crippen LogP contribution in [0.3, 0.4) is 0 Å². The lowest BCUT2D eigenvalue weighted by Gasteiger charge is -2.24. The second-order valence-corrected chi connectivity index (χ2v) is 5.91. The number of ether oxygens (including phenoxy) is 1. The molecule has 0 spiro atoms. The molecule has 0 N–H and O–H groups in total. The fourth-order valence-corrected chi connectivity index (χ4v) is 1.58. The predicted octanol–water partition coefficient (Wildman–Crippen LogP) is 2.35. The third-order valence-electron chi connectivity index (χ3n) is 1.98. The molecule has 17 heavy (non-hydrogen) atoms. The Balaban J connectivity index is 2.39. The van der Waals surface area contributed by atoms with Gasteiger partial charge in [-0.3, -0.25) is 4.68 Å². The Morgan fingerprint density at radius 3 is 2.71 bits per heavy atom. The summed E-state index contributed by atoms with van der Waals surface area (Å²) >= 11 is 2.15. The topological polar surface area (TPSA) is 47.4 Å². The van der Waals surface area contributed by atoms with E-state index in [1.807, 2.05) is 37.7 Å². The summed E-state index contributed by atoms with van der Waals surface area (Å²) in [6.45, 7) is 6.81. The van der Waals surface area contributed by atoms with Crippen molar-refractivity contribution in [3.05, 3.63) is 16.0 Å². The van der Waals surface area contributed by atoms with Crippen molar-refractivity contribution in [2.45, 2.75) is 32.9 Å². The van der Waals surface area contributed by atoms with Gasteiger partial charge in [-0.25, -0.2) is 4.79 Å². The summed E-state index contributed by atoms with van der Waals surface area (Å²) in [6, 6.07) is 1.92. The normalized spacial score (nSPS) is 11.4. The molecule has 5 nitrogen and oxygen atoms in total. The first-order valence-corrected chi connectivity index (χ1v) is 6.49. The molecule has 0 aromatic carbocycles. The van der Waals surface area contributed by atoms with Crippen LogP contribution >= 0.6 is 22.6 Å². The number of carbonyl (C=O) groups is 1. The fourth-order valence-electron chi connectivity index (χ4n) is 1.15. The van der Waals surface area contributed by atoms with Crippen molar-refractivity contribution < 1.29 is 9.53 Å². The number of carbonyl (C=O) groups excluding carboxylic acids is 1. The summed E-state index contributed by atoms with van der Waals surface area (Å²) in [6.07, 6.45) is 1.59. The van der Waals surface area contributed by atoms with Gasteiger partial charge in [-0.1, -0.05) is 0 Å². The molecule has 0 radical (unpaired) electrons. The Morgan fingerprint density at radius 2 is 2.24 bits per heavy atom. The van der Waals surface area contributed by atoms with E-state index in [0.717, 1.165) is 3.70 Å². The van der Waals surface area contributed by atoms with Crippen LogP contribution in [0.2, 0.25) is 0 Å². The lowest BCUT2D eigenvalue weighted by molar-refractivity contribution is 0.0292. The van der Waals surface area contributed by atoms with Crippen molar-refractivity contribution in [3.63, 3.8) is 0 Å². The largest absolute Gasteiger partial charge is 0.444 e. The molecule has 1 heterocycles. The summed E-state index contributed by atoms with van der Waals surface area (Å²) in [4.78, 5) is 13.2. The number of halogens is 1. The smallest absolute Gasteiger partial charge is 0.410 e. The number of likely N-dealkylation sites (N-methyl/N-ethyl adjacent to an activating group) is 1. The van der Waals surface area contributed by atoms with Crippen LogP contribution in [-0.2, 0) is 11.3 Å². The molecule has 0 aliphatic rings. The molecular formula is C11H18IN3O2. The number of hydrogen-bond acceptors (Lipinski definition) is 3. The van der Waals surface area contributed by atoms with E-state index in [2.05, 4.69) is 27.7 Å². The standard InChI is InChI=1S/C11H18IN3O2/c1-11(2,3)17-10(16)14(4)7-8-15-6-5-9(12)13-15/h5-6H,7-8H2,1-4H3. The van der Waals surface area contributed by atoms with Crippen LogP contribution in [0.5, 0.6) is 0 Å². The van der Waals surface area contributed by atoms with E-state index in [1.54, 1.807) is 11.9 Å². The average molecular weight is 351 g/mol. The lowest BCUT2D eigenvalue weighted by atomic mass is 10.2. The van der Waals surface area contributed by atoms with E-state index in [9.17, 15) is 4.79 Å². The van der Waals surface area contributed by atoms with Gasteiger partial charge in [-0.2, -0.15) is 5.10 Å². The van der Waals surface area contributed by atoms with Gasteiger partial charge in [0.15, 0.2) is 0 Å². The summed E-state index contributed by atoms with van der Waals surface area (Å²) in [5.74, 6) is 0. The maximum atomic E-state index is 11.7. The summed E-state index contributed by atoms with van der Waals surface area (Å²) in [5.41, 5.74) is -0.452. The molecule has 0 unspecified atom stereocenters. The van der Waals surface area contributed by atoms with Crippen LogP contribution in [0, 0.1) is 3.70 Å². The van der Waals surface area contributed by atoms with E-state index < -0.39 is 5.60 Å². The monoisotopic (exact) mass is 351 g/mol. The van der Waals surface area contributed by atoms with Crippen molar-refractivity contribution in [2.75, 3.05) is 13.6 Å². The Hall–Kier alpha value is -0.790. The van der Waals surface area contributed by atoms with Crippen LogP contribution in [0.25, 0.3) is 0 Å². The highest BCUT2D eigenvalue weighted by molar-refractivity contribution is 14.1. The van der Waals surface area contributed by atoms with Gasteiger partial charge in [-0.05, 0) is 49.4 Å². The first-order valence-electron chi connectivity index (χ1n) is 5.41. The van der Waals surface area contributed by atoms with E-state index >= 15 is 0 Å². The highest BCUT2D eigenvalue weighted by Crippen LogP contribution is 2.09. The zero-order chi connectivity index (χ0) is 13.1. The lowest BCUT2D eigenvalue weighted by Crippen LogP contribution is -2.36. The predicted molar refractivity (Wildman–Crippen MR) is 73.8 cm³/mol. The van der Waals surface area contributed by atoms with Gasteiger partial charge in [0.1, 0.15) is 9.30 Å². The number of nitrogens with zero attached hydrogens (tertiary/aromatic N) is 3. The fraction of sp³-hybridized carbons (Fsp3) is 0.636. The van der Waals surface area contributed by atoms with Crippen molar-refractivity contribution in [2.24, 2.45) is 0 Å². The number of aromatic nitrogens is 2. The minimum atomic E-state index is -0.452. The maximum absolute atomic E-state index is 11.7. The van der Waals surface area contributed by atoms with Crippen LogP contribution in [-0.4, -0.2) is 40.0 Å². The van der Waals surface area contributed by atoms with E-state index in [1.165, 1.54) is 0 Å². The minimum Gasteiger partial charge on any atom is -0.444 e. The highest BCUT2D eigenvalue weighted by atomic mass is 127. The molecule has 6 heteroatoms. The maximum Gasteiger partial charge on any atom is 0.410 e. The van der Waals surface area contributed by atoms with Crippen LogP contribution in [0.15, 0.2) is 12.3 Å². The zero-order valence-electron chi connectivity index (χ0n) is 10.6. The Kier molecular flexibility index (Phi) is 4.79. The molecule has 96 valence electrons. The van der Waals surface area contributed by atoms with E-state index in [0.29, 0.717) is 13.1 Å². The number of rotatable bonds is 3. The van der Waals surface area contributed by atoms with Crippen LogP contribution < -0.4 is 0 Å². The molecular weight excluding hydrogens is 333 g/mol. The second-order valence-electron chi connectivity index (χ2n) is 4.80. The molecule has 0 atom stereocenters. The van der Waals surface area contributed by atoms with Gasteiger partial charge in [0, 0.05) is 19.8 Å². The molecule has 0 bridgehead atoms. The molecule has 0 saturated carbocycles. The van der Waals surface area contributed by atoms with Gasteiger partial charge in [0.05, 0.1) is 6.54 Å². The SMILES string of the molecule is CN(CCn1ccc(I)n1)C(=O)OC(C)(C)C. The molecule has 1 rings (SSSR count). The van der Waals surface area contributed by atoms with Crippen molar-refractivity contribution in [3.8, 4) is 0 Å². The Bertz CT molecular complexity index is 384. The molecule has 0 fully saturated rings. The van der Waals surface area contributed by atoms with Crippen molar-refractivity contribution >= 4 is 28.7 Å². The van der Waals surface area contributed by atoms with Crippen LogP contribution in [0.1, 0.15) is 20.8 Å². The average Bonchev–Trinajstić information content (AvgIpc) is 2.58. The third-order valence-corrected chi connectivity index (χ3v) is 2.55. The quantitative estimate of drug-likeness (QED) is 0.786. The molecule has 0 saturated heterocycles. The highest BCUT2D eigenvalue weighted by Gasteiger charge is 2.19. The van der Waals surface area contributed by atoms with Crippen LogP contribution in [0.4, 0.5) is 4.79 Å². The summed E-state index contributed by atoms with van der Waals surface area (Å²) in [7, 11) is 1.72. The molecule has 1 amide bonds. The number of amides is 1. The van der Waals surface area contributed by atoms with E-state index in [4.69, 9.17) is 4.74 Å². The first kappa shape index (κ1) is 14.3. The second kappa shape index (κ2) is 5.70. The van der Waals surface area contributed by atoms with Gasteiger partial charge < -0.3 is 9.64 Å². The van der Waals surface area contributed by atoms with Gasteiger partial charge >= 0.3 is 6.09 Å². The number of hydrogen-bond donors (Lipinski definition) is 0. The summed E-state index contributed by atoms with van der Waals surface area (Å²) < 4.78 is 8.00. The molecule has 1 aromatic rings. The molecule has 1 aromatic heterocycles.